The molecule has 13 heteroatoms. The number of hydrogen-bond acceptors (Lipinski definition) is 8. The summed E-state index contributed by atoms with van der Waals surface area (Å²) >= 11 is 0. The van der Waals surface area contributed by atoms with Crippen molar-refractivity contribution >= 4 is 7.75 Å². The van der Waals surface area contributed by atoms with Gasteiger partial charge in [0.2, 0.25) is 0 Å². The van der Waals surface area contributed by atoms with E-state index in [0.29, 0.717) is 17.1 Å². The Balaban J connectivity index is 1.59. The van der Waals surface area contributed by atoms with Gasteiger partial charge >= 0.3 is 13.4 Å². The van der Waals surface area contributed by atoms with E-state index in [0.717, 1.165) is 16.7 Å². The molecule has 3 aromatic carbocycles. The number of aromatic nitrogens is 2. The lowest BCUT2D eigenvalue weighted by atomic mass is 9.80. The summed E-state index contributed by atoms with van der Waals surface area (Å²) in [7, 11) is -1.30. The monoisotopic (exact) mass is 623 g/mol. The topological polar surface area (TPSA) is 164 Å². The van der Waals surface area contributed by atoms with Crippen LogP contribution in [0.3, 0.4) is 0 Å². The first-order valence-corrected chi connectivity index (χ1v) is 15.4. The van der Waals surface area contributed by atoms with Crippen LogP contribution < -0.4 is 26.2 Å². The first-order chi connectivity index (χ1) is 21.0. The van der Waals surface area contributed by atoms with Gasteiger partial charge < -0.3 is 23.8 Å². The molecule has 1 fully saturated rings. The summed E-state index contributed by atoms with van der Waals surface area (Å²) < 4.78 is 42.7. The molecule has 0 spiro atoms. The number of methoxy groups -OCH3 is 2. The molecule has 232 valence electrons. The van der Waals surface area contributed by atoms with Gasteiger partial charge in [-0.25, -0.2) is 14.9 Å². The highest BCUT2D eigenvalue weighted by Gasteiger charge is 2.44. The molecule has 1 aromatic heterocycles. The van der Waals surface area contributed by atoms with Crippen molar-refractivity contribution in [1.82, 2.24) is 9.55 Å². The molecule has 1 aliphatic rings. The van der Waals surface area contributed by atoms with Gasteiger partial charge in [0.05, 0.1) is 20.8 Å². The molecule has 0 aliphatic carbocycles. The SMILES string of the molecule is COc1ccc(C(OC[C@H]2O[C@@H](n3cc(C)c(=O)[nH]c3=O)C[C@@H]2OP(N)(=O)O)(c2ccccc2)c2ccc(OC)cc2)cc1. The van der Waals surface area contributed by atoms with Gasteiger partial charge in [-0.15, -0.1) is 0 Å². The fourth-order valence-corrected chi connectivity index (χ4v) is 6.02. The largest absolute Gasteiger partial charge is 0.497 e. The molecule has 0 saturated carbocycles. The summed E-state index contributed by atoms with van der Waals surface area (Å²) in [5, 5.41) is 0. The third-order valence-corrected chi connectivity index (χ3v) is 8.13. The maximum atomic E-state index is 12.7. The molecule has 44 heavy (non-hydrogen) atoms. The van der Waals surface area contributed by atoms with Gasteiger partial charge in [0, 0.05) is 18.2 Å². The van der Waals surface area contributed by atoms with Crippen molar-refractivity contribution in [3.63, 3.8) is 0 Å². The molecule has 0 amide bonds. The molecule has 0 radical (unpaired) electrons. The van der Waals surface area contributed by atoms with E-state index in [1.165, 1.54) is 10.8 Å². The molecule has 4 aromatic rings. The zero-order chi connectivity index (χ0) is 31.5. The molecule has 5 rings (SSSR count). The third-order valence-electron chi connectivity index (χ3n) is 7.56. The molecular formula is C31H34N3O9P. The molecule has 4 atom stereocenters. The van der Waals surface area contributed by atoms with Crippen LogP contribution in [0.2, 0.25) is 0 Å². The molecular weight excluding hydrogens is 589 g/mol. The molecule has 12 nitrogen and oxygen atoms in total. The molecule has 2 heterocycles. The van der Waals surface area contributed by atoms with E-state index in [1.807, 2.05) is 78.9 Å². The van der Waals surface area contributed by atoms with E-state index < -0.39 is 43.0 Å². The fourth-order valence-electron chi connectivity index (χ4n) is 5.41. The van der Waals surface area contributed by atoms with Crippen LogP contribution in [-0.2, 0) is 24.2 Å². The van der Waals surface area contributed by atoms with Gasteiger partial charge in [0.15, 0.2) is 0 Å². The highest BCUT2D eigenvalue weighted by Crippen LogP contribution is 2.45. The first kappa shape index (κ1) is 31.4. The molecule has 1 unspecified atom stereocenters. The summed E-state index contributed by atoms with van der Waals surface area (Å²) in [5.41, 5.74) is 5.59. The van der Waals surface area contributed by atoms with Crippen LogP contribution in [0.4, 0.5) is 0 Å². The lowest BCUT2D eigenvalue weighted by Gasteiger charge is -2.37. The predicted molar refractivity (Wildman–Crippen MR) is 162 cm³/mol. The smallest absolute Gasteiger partial charge is 0.400 e. The molecule has 4 N–H and O–H groups in total. The Morgan fingerprint density at radius 1 is 0.955 bits per heavy atom. The number of benzene rings is 3. The normalized spacial score (nSPS) is 19.8. The second-order valence-corrected chi connectivity index (χ2v) is 11.7. The van der Waals surface area contributed by atoms with Gasteiger partial charge in [-0.1, -0.05) is 54.6 Å². The average Bonchev–Trinajstić information content (AvgIpc) is 3.41. The second kappa shape index (κ2) is 12.9. The number of aryl methyl sites for hydroxylation is 1. The molecule has 1 aliphatic heterocycles. The summed E-state index contributed by atoms with van der Waals surface area (Å²) in [6.07, 6.45) is -1.54. The van der Waals surface area contributed by atoms with E-state index in [9.17, 15) is 19.0 Å². The number of aromatic amines is 1. The predicted octanol–water partition coefficient (Wildman–Crippen LogP) is 3.60. The summed E-state index contributed by atoms with van der Waals surface area (Å²) in [5.74, 6) is 1.31. The van der Waals surface area contributed by atoms with Crippen LogP contribution in [0, 0.1) is 6.92 Å². The number of nitrogens with zero attached hydrogens (tertiary/aromatic N) is 1. The minimum Gasteiger partial charge on any atom is -0.497 e. The highest BCUT2D eigenvalue weighted by molar-refractivity contribution is 7.50. The van der Waals surface area contributed by atoms with E-state index >= 15 is 0 Å². The van der Waals surface area contributed by atoms with Gasteiger partial charge in [-0.05, 0) is 47.9 Å². The zero-order valence-electron chi connectivity index (χ0n) is 24.4. The Labute approximate surface area is 253 Å². The number of hydrogen-bond donors (Lipinski definition) is 3. The standard InChI is InChI=1S/C31H34N3O9P/c1-20-18-34(30(36)33-29(20)35)28-17-26(43-44(32,37)38)27(42-28)19-41-31(21-7-5-4-6-8-21,22-9-13-24(39-2)14-10-22)23-11-15-25(40-3)16-12-23/h4-16,18,26-28H,17,19H2,1-3H3,(H3,32,37,38)(H,33,35,36)/t26-,27+,28+/m0/s1. The van der Waals surface area contributed by atoms with E-state index in [4.69, 9.17) is 29.0 Å². The van der Waals surface area contributed by atoms with E-state index in [-0.39, 0.29) is 13.0 Å². The molecule has 1 saturated heterocycles. The number of nitrogens with one attached hydrogen (secondary N) is 1. The number of rotatable bonds is 11. The van der Waals surface area contributed by atoms with Gasteiger partial charge in [0.25, 0.3) is 5.56 Å². The van der Waals surface area contributed by atoms with Crippen LogP contribution >= 0.6 is 7.75 Å². The Morgan fingerprint density at radius 3 is 2.02 bits per heavy atom. The summed E-state index contributed by atoms with van der Waals surface area (Å²) in [4.78, 5) is 36.8. The molecule has 0 bridgehead atoms. The zero-order valence-corrected chi connectivity index (χ0v) is 25.3. The van der Waals surface area contributed by atoms with Crippen LogP contribution in [-0.4, -0.2) is 47.5 Å². The quantitative estimate of drug-likeness (QED) is 0.166. The lowest BCUT2D eigenvalue weighted by molar-refractivity contribution is -0.0923. The van der Waals surface area contributed by atoms with E-state index in [2.05, 4.69) is 4.98 Å². The minimum absolute atomic E-state index is 0.00935. The van der Waals surface area contributed by atoms with Crippen molar-refractivity contribution in [3.05, 3.63) is 128 Å². The Hall–Kier alpha value is -4.03. The maximum absolute atomic E-state index is 12.7. The van der Waals surface area contributed by atoms with Crippen LogP contribution in [0.5, 0.6) is 11.5 Å². The third kappa shape index (κ3) is 6.56. The summed E-state index contributed by atoms with van der Waals surface area (Å²) in [6, 6.07) is 24.5. The van der Waals surface area contributed by atoms with Crippen molar-refractivity contribution in [1.29, 1.82) is 0 Å². The first-order valence-electron chi connectivity index (χ1n) is 13.8. The van der Waals surface area contributed by atoms with Gasteiger partial charge in [-0.2, -0.15) is 0 Å². The number of H-pyrrole nitrogens is 1. The Morgan fingerprint density at radius 2 is 1.50 bits per heavy atom. The maximum Gasteiger partial charge on any atom is 0.400 e. The highest BCUT2D eigenvalue weighted by atomic mass is 31.2. The average molecular weight is 624 g/mol. The summed E-state index contributed by atoms with van der Waals surface area (Å²) in [6.45, 7) is 1.41. The van der Waals surface area contributed by atoms with Crippen LogP contribution in [0.1, 0.15) is 34.9 Å². The Kier molecular flexibility index (Phi) is 9.21. The van der Waals surface area contributed by atoms with Crippen molar-refractivity contribution < 1.29 is 32.9 Å². The Bertz CT molecular complexity index is 1690. The number of ether oxygens (including phenoxy) is 4. The van der Waals surface area contributed by atoms with Crippen molar-refractivity contribution in [2.45, 2.75) is 37.4 Å². The second-order valence-electron chi connectivity index (χ2n) is 10.4. The van der Waals surface area contributed by atoms with Gasteiger partial charge in [-0.3, -0.25) is 18.9 Å². The van der Waals surface area contributed by atoms with E-state index in [1.54, 1.807) is 21.1 Å². The van der Waals surface area contributed by atoms with Gasteiger partial charge in [0.1, 0.15) is 35.5 Å². The van der Waals surface area contributed by atoms with Crippen molar-refractivity contribution in [2.75, 3.05) is 20.8 Å². The van der Waals surface area contributed by atoms with Crippen molar-refractivity contribution in [3.8, 4) is 11.5 Å². The van der Waals surface area contributed by atoms with Crippen LogP contribution in [0.15, 0.2) is 94.6 Å². The van der Waals surface area contributed by atoms with Crippen molar-refractivity contribution in [2.24, 2.45) is 5.50 Å². The lowest BCUT2D eigenvalue weighted by Crippen LogP contribution is -2.38. The fraction of sp³-hybridized carbons (Fsp3) is 0.290. The van der Waals surface area contributed by atoms with Crippen LogP contribution in [0.25, 0.3) is 0 Å². The minimum atomic E-state index is -4.46. The number of nitrogens with two attached hydrogens (primary N) is 1.